The Morgan fingerprint density at radius 1 is 0.368 bits per heavy atom. The van der Waals surface area contributed by atoms with E-state index in [4.69, 9.17) is 0 Å². The lowest BCUT2D eigenvalue weighted by molar-refractivity contribution is 0.645. The van der Waals surface area contributed by atoms with Gasteiger partial charge < -0.3 is 4.90 Å². The Kier molecular flexibility index (Phi) is 7.50. The van der Waals surface area contributed by atoms with Crippen molar-refractivity contribution in [3.8, 4) is 33.4 Å². The first-order valence-electron chi connectivity index (χ1n) is 20.0. The summed E-state index contributed by atoms with van der Waals surface area (Å²) < 4.78 is 0. The second-order valence-corrected chi connectivity index (χ2v) is 16.0. The monoisotopic (exact) mass is 727 g/mol. The highest BCUT2D eigenvalue weighted by Crippen LogP contribution is 2.58. The molecular weight excluding hydrogens is 687 g/mol. The molecule has 9 aromatic carbocycles. The average molecular weight is 728 g/mol. The maximum absolute atomic E-state index is 2.51. The highest BCUT2D eigenvalue weighted by atomic mass is 15.1. The third-order valence-electron chi connectivity index (χ3n) is 12.7. The van der Waals surface area contributed by atoms with Crippen molar-refractivity contribution >= 4 is 27.8 Å². The molecule has 57 heavy (non-hydrogen) atoms. The Morgan fingerprint density at radius 3 is 1.61 bits per heavy atom. The second-order valence-electron chi connectivity index (χ2n) is 16.0. The van der Waals surface area contributed by atoms with Crippen LogP contribution in [0.5, 0.6) is 0 Å². The molecule has 270 valence electrons. The van der Waals surface area contributed by atoms with Gasteiger partial charge in [0, 0.05) is 22.4 Å². The van der Waals surface area contributed by atoms with E-state index in [2.05, 4.69) is 231 Å². The normalized spacial score (nSPS) is 14.1. The van der Waals surface area contributed by atoms with E-state index in [0.717, 1.165) is 11.4 Å². The number of anilines is 3. The minimum absolute atomic E-state index is 0.145. The van der Waals surface area contributed by atoms with E-state index in [1.165, 1.54) is 83.2 Å². The number of benzene rings is 9. The SMILES string of the molecule is CC1(C)c2ccccc2-c2c(N(c3ccc(-c4ccccc4)cc3)c3ccc4c(c3)C(c3ccccc3)(c3ccccc3)c3ccccc3-4)ccc3cccc1c23. The standard InChI is InChI=1S/C56H41N/c1-55(2)48-26-14-13-25-47(48)54-52(36-31-40-19-16-28-50(55)53(40)54)57(43-32-29-39(30-33-43)38-17-6-3-7-18-38)44-34-35-46-45-24-12-15-27-49(45)56(51(46)37-44,41-20-8-4-9-21-41)42-22-10-5-11-23-42/h3-37H,1-2H3. The fourth-order valence-electron chi connectivity index (χ4n) is 10.2. The van der Waals surface area contributed by atoms with Crippen LogP contribution in [0.1, 0.15) is 47.2 Å². The van der Waals surface area contributed by atoms with Gasteiger partial charge in [-0.3, -0.25) is 0 Å². The van der Waals surface area contributed by atoms with Crippen LogP contribution in [0.15, 0.2) is 212 Å². The third-order valence-corrected chi connectivity index (χ3v) is 12.7. The average Bonchev–Trinajstić information content (AvgIpc) is 3.57. The van der Waals surface area contributed by atoms with Crippen molar-refractivity contribution in [1.82, 2.24) is 0 Å². The molecule has 0 aliphatic heterocycles. The number of nitrogens with zero attached hydrogens (tertiary/aromatic N) is 1. The van der Waals surface area contributed by atoms with Crippen LogP contribution in [0.4, 0.5) is 17.1 Å². The van der Waals surface area contributed by atoms with Gasteiger partial charge >= 0.3 is 0 Å². The molecular formula is C56H41N. The molecule has 2 aliphatic rings. The van der Waals surface area contributed by atoms with Gasteiger partial charge in [0.2, 0.25) is 0 Å². The fraction of sp³-hybridized carbons (Fsp3) is 0.0714. The zero-order valence-electron chi connectivity index (χ0n) is 32.2. The molecule has 0 radical (unpaired) electrons. The Hall–Kier alpha value is -6.96. The van der Waals surface area contributed by atoms with Crippen molar-refractivity contribution in [2.24, 2.45) is 0 Å². The van der Waals surface area contributed by atoms with Crippen LogP contribution in [0.2, 0.25) is 0 Å². The minimum atomic E-state index is -0.505. The molecule has 0 aromatic heterocycles. The zero-order valence-corrected chi connectivity index (χ0v) is 32.2. The largest absolute Gasteiger partial charge is 0.310 e. The van der Waals surface area contributed by atoms with E-state index < -0.39 is 5.41 Å². The van der Waals surface area contributed by atoms with E-state index in [1.807, 2.05) is 0 Å². The predicted molar refractivity (Wildman–Crippen MR) is 239 cm³/mol. The van der Waals surface area contributed by atoms with Crippen LogP contribution in [0.3, 0.4) is 0 Å². The Morgan fingerprint density at radius 2 is 0.912 bits per heavy atom. The Balaban J connectivity index is 1.22. The Bertz CT molecular complexity index is 2920. The molecule has 1 heteroatoms. The molecule has 0 fully saturated rings. The molecule has 0 atom stereocenters. The maximum Gasteiger partial charge on any atom is 0.0714 e. The summed E-state index contributed by atoms with van der Waals surface area (Å²) in [5.41, 5.74) is 18.2. The van der Waals surface area contributed by atoms with Crippen molar-refractivity contribution in [3.05, 3.63) is 246 Å². The summed E-state index contributed by atoms with van der Waals surface area (Å²) in [6.45, 7) is 4.75. The lowest BCUT2D eigenvalue weighted by atomic mass is 9.67. The summed E-state index contributed by atoms with van der Waals surface area (Å²) >= 11 is 0. The van der Waals surface area contributed by atoms with Crippen molar-refractivity contribution in [3.63, 3.8) is 0 Å². The summed E-state index contributed by atoms with van der Waals surface area (Å²) in [4.78, 5) is 2.51. The molecule has 11 rings (SSSR count). The molecule has 0 unspecified atom stereocenters. The van der Waals surface area contributed by atoms with E-state index in [9.17, 15) is 0 Å². The third kappa shape index (κ3) is 4.89. The van der Waals surface area contributed by atoms with Gasteiger partial charge in [-0.15, -0.1) is 0 Å². The Labute approximate surface area is 335 Å². The smallest absolute Gasteiger partial charge is 0.0714 e. The van der Waals surface area contributed by atoms with Crippen LogP contribution in [0, 0.1) is 0 Å². The molecule has 2 aliphatic carbocycles. The molecule has 0 spiro atoms. The fourth-order valence-corrected chi connectivity index (χ4v) is 10.2. The van der Waals surface area contributed by atoms with Crippen LogP contribution in [-0.2, 0) is 10.8 Å². The summed E-state index contributed by atoms with van der Waals surface area (Å²) in [6.07, 6.45) is 0. The maximum atomic E-state index is 2.51. The molecule has 0 heterocycles. The van der Waals surface area contributed by atoms with Gasteiger partial charge in [-0.2, -0.15) is 0 Å². The number of rotatable bonds is 6. The van der Waals surface area contributed by atoms with Gasteiger partial charge in [0.25, 0.3) is 0 Å². The van der Waals surface area contributed by atoms with Gasteiger partial charge in [-0.05, 0) is 102 Å². The minimum Gasteiger partial charge on any atom is -0.310 e. The van der Waals surface area contributed by atoms with Gasteiger partial charge in [-0.1, -0.05) is 196 Å². The van der Waals surface area contributed by atoms with Crippen molar-refractivity contribution in [1.29, 1.82) is 0 Å². The molecule has 0 N–H and O–H groups in total. The lowest BCUT2D eigenvalue weighted by Crippen LogP contribution is -2.28. The number of hydrogen-bond acceptors (Lipinski definition) is 1. The second kappa shape index (κ2) is 12.8. The van der Waals surface area contributed by atoms with Crippen LogP contribution in [0.25, 0.3) is 44.2 Å². The first-order chi connectivity index (χ1) is 28.0. The molecule has 0 amide bonds. The molecule has 0 bridgehead atoms. The summed E-state index contributed by atoms with van der Waals surface area (Å²) in [5.74, 6) is 0. The van der Waals surface area contributed by atoms with Crippen molar-refractivity contribution in [2.75, 3.05) is 4.90 Å². The summed E-state index contributed by atoms with van der Waals surface area (Å²) in [6, 6.07) is 78.8. The first-order valence-corrected chi connectivity index (χ1v) is 20.0. The summed E-state index contributed by atoms with van der Waals surface area (Å²) in [7, 11) is 0. The molecule has 9 aromatic rings. The first kappa shape index (κ1) is 33.4. The van der Waals surface area contributed by atoms with E-state index in [-0.39, 0.29) is 5.41 Å². The van der Waals surface area contributed by atoms with Crippen molar-refractivity contribution < 1.29 is 0 Å². The summed E-state index contributed by atoms with van der Waals surface area (Å²) in [5, 5.41) is 2.60. The molecule has 0 saturated carbocycles. The number of hydrogen-bond donors (Lipinski definition) is 0. The van der Waals surface area contributed by atoms with Crippen LogP contribution >= 0.6 is 0 Å². The van der Waals surface area contributed by atoms with Gasteiger partial charge in [0.05, 0.1) is 11.1 Å². The highest BCUT2D eigenvalue weighted by Gasteiger charge is 2.46. The number of fused-ring (bicyclic) bond motifs is 5. The van der Waals surface area contributed by atoms with E-state index in [0.29, 0.717) is 0 Å². The van der Waals surface area contributed by atoms with Gasteiger partial charge in [0.1, 0.15) is 0 Å². The van der Waals surface area contributed by atoms with Gasteiger partial charge in [-0.25, -0.2) is 0 Å². The highest BCUT2D eigenvalue weighted by molar-refractivity contribution is 6.10. The quantitative estimate of drug-likeness (QED) is 0.165. The van der Waals surface area contributed by atoms with E-state index >= 15 is 0 Å². The lowest BCUT2D eigenvalue weighted by Gasteiger charge is -2.38. The zero-order chi connectivity index (χ0) is 38.1. The van der Waals surface area contributed by atoms with Crippen LogP contribution < -0.4 is 4.90 Å². The molecule has 0 saturated heterocycles. The van der Waals surface area contributed by atoms with Crippen LogP contribution in [-0.4, -0.2) is 0 Å². The predicted octanol–water partition coefficient (Wildman–Crippen LogP) is 14.6. The van der Waals surface area contributed by atoms with Crippen molar-refractivity contribution in [2.45, 2.75) is 24.7 Å². The van der Waals surface area contributed by atoms with E-state index in [1.54, 1.807) is 0 Å². The topological polar surface area (TPSA) is 3.24 Å². The molecule has 1 nitrogen and oxygen atoms in total. The van der Waals surface area contributed by atoms with Gasteiger partial charge in [0.15, 0.2) is 0 Å².